The molecule has 2 aromatic heterocycles. The maximum Gasteiger partial charge on any atom is 0.331 e. The SMILES string of the molecule is CCn1cc(C#N)c(=O)n(CC(=O)c2cc(C)n(NC(=O)c3ccccc3)c2C)c1=O. The number of aromatic nitrogens is 3. The van der Waals surface area contributed by atoms with Gasteiger partial charge in [-0.1, -0.05) is 18.2 Å². The molecule has 158 valence electrons. The van der Waals surface area contributed by atoms with Crippen LogP contribution in [-0.4, -0.2) is 25.5 Å². The molecule has 1 aromatic carbocycles. The van der Waals surface area contributed by atoms with E-state index in [1.807, 2.05) is 0 Å². The molecular weight excluding hydrogens is 398 g/mol. The molecule has 1 N–H and O–H groups in total. The zero-order valence-corrected chi connectivity index (χ0v) is 17.4. The molecule has 0 spiro atoms. The Kier molecular flexibility index (Phi) is 6.02. The number of nitriles is 1. The lowest BCUT2D eigenvalue weighted by Crippen LogP contribution is -2.42. The van der Waals surface area contributed by atoms with Crippen LogP contribution in [0.25, 0.3) is 0 Å². The number of nitrogens with zero attached hydrogens (tertiary/aromatic N) is 4. The Bertz CT molecular complexity index is 1320. The highest BCUT2D eigenvalue weighted by Crippen LogP contribution is 2.15. The molecule has 0 fully saturated rings. The first kappa shape index (κ1) is 21.5. The normalized spacial score (nSPS) is 10.5. The van der Waals surface area contributed by atoms with E-state index in [2.05, 4.69) is 5.43 Å². The number of benzene rings is 1. The predicted octanol–water partition coefficient (Wildman–Crippen LogP) is 1.59. The molecule has 2 heterocycles. The van der Waals surface area contributed by atoms with E-state index in [1.165, 1.54) is 15.4 Å². The summed E-state index contributed by atoms with van der Waals surface area (Å²) in [6.07, 6.45) is 1.19. The van der Waals surface area contributed by atoms with Crippen LogP contribution >= 0.6 is 0 Å². The third-order valence-electron chi connectivity index (χ3n) is 4.98. The van der Waals surface area contributed by atoms with Crippen molar-refractivity contribution in [1.29, 1.82) is 5.26 Å². The number of carbonyl (C=O) groups is 2. The molecule has 0 aliphatic heterocycles. The van der Waals surface area contributed by atoms with Crippen molar-refractivity contribution >= 4 is 11.7 Å². The zero-order chi connectivity index (χ0) is 22.7. The van der Waals surface area contributed by atoms with E-state index in [4.69, 9.17) is 5.26 Å². The molecule has 0 aliphatic rings. The molecule has 0 bridgehead atoms. The minimum absolute atomic E-state index is 0.213. The summed E-state index contributed by atoms with van der Waals surface area (Å²) >= 11 is 0. The molecule has 9 heteroatoms. The molecule has 31 heavy (non-hydrogen) atoms. The number of rotatable bonds is 6. The van der Waals surface area contributed by atoms with Crippen LogP contribution in [-0.2, 0) is 13.1 Å². The molecule has 0 saturated carbocycles. The fourth-order valence-electron chi connectivity index (χ4n) is 3.30. The maximum atomic E-state index is 12.9. The Labute approximate surface area is 177 Å². The van der Waals surface area contributed by atoms with Crippen LogP contribution in [0.1, 0.15) is 44.6 Å². The van der Waals surface area contributed by atoms with Crippen molar-refractivity contribution in [2.45, 2.75) is 33.9 Å². The summed E-state index contributed by atoms with van der Waals surface area (Å²) in [5.74, 6) is -0.824. The van der Waals surface area contributed by atoms with Gasteiger partial charge in [0.2, 0.25) is 0 Å². The molecule has 0 atom stereocenters. The van der Waals surface area contributed by atoms with Gasteiger partial charge < -0.3 is 0 Å². The lowest BCUT2D eigenvalue weighted by Gasteiger charge is -2.12. The van der Waals surface area contributed by atoms with E-state index < -0.39 is 23.6 Å². The molecule has 1 amide bonds. The Morgan fingerprint density at radius 2 is 1.81 bits per heavy atom. The quantitative estimate of drug-likeness (QED) is 0.609. The summed E-state index contributed by atoms with van der Waals surface area (Å²) in [4.78, 5) is 50.4. The molecule has 3 rings (SSSR count). The molecule has 9 nitrogen and oxygen atoms in total. The summed E-state index contributed by atoms with van der Waals surface area (Å²) in [5, 5.41) is 9.16. The van der Waals surface area contributed by atoms with Gasteiger partial charge >= 0.3 is 5.69 Å². The number of ketones is 1. The lowest BCUT2D eigenvalue weighted by atomic mass is 10.1. The van der Waals surface area contributed by atoms with Crippen LogP contribution in [0.2, 0.25) is 0 Å². The van der Waals surface area contributed by atoms with Gasteiger partial charge in [0.05, 0.1) is 6.54 Å². The lowest BCUT2D eigenvalue weighted by molar-refractivity contribution is 0.0964. The van der Waals surface area contributed by atoms with Crippen molar-refractivity contribution in [3.05, 3.63) is 91.5 Å². The van der Waals surface area contributed by atoms with Gasteiger partial charge in [-0.05, 0) is 39.0 Å². The highest BCUT2D eigenvalue weighted by atomic mass is 16.2. The second-order valence-electron chi connectivity index (χ2n) is 6.96. The summed E-state index contributed by atoms with van der Waals surface area (Å²) in [6, 6.07) is 12.0. The molecule has 0 aliphatic carbocycles. The van der Waals surface area contributed by atoms with Gasteiger partial charge in [0.1, 0.15) is 11.6 Å². The first-order valence-corrected chi connectivity index (χ1v) is 9.61. The van der Waals surface area contributed by atoms with Gasteiger partial charge in [-0.3, -0.25) is 33.6 Å². The summed E-state index contributed by atoms with van der Waals surface area (Å²) in [7, 11) is 0. The van der Waals surface area contributed by atoms with Crippen molar-refractivity contribution in [2.24, 2.45) is 0 Å². The van der Waals surface area contributed by atoms with Gasteiger partial charge in [-0.2, -0.15) is 5.26 Å². The molecule has 3 aromatic rings. The van der Waals surface area contributed by atoms with Crippen LogP contribution in [0.4, 0.5) is 0 Å². The van der Waals surface area contributed by atoms with Crippen molar-refractivity contribution < 1.29 is 9.59 Å². The summed E-state index contributed by atoms with van der Waals surface area (Å²) < 4.78 is 3.46. The average Bonchev–Trinajstić information content (AvgIpc) is 3.05. The van der Waals surface area contributed by atoms with E-state index in [-0.39, 0.29) is 23.6 Å². The summed E-state index contributed by atoms with van der Waals surface area (Å²) in [5.41, 5.74) is 2.86. The van der Waals surface area contributed by atoms with Crippen molar-refractivity contribution in [3.8, 4) is 6.07 Å². The number of aryl methyl sites for hydroxylation is 2. The second-order valence-corrected chi connectivity index (χ2v) is 6.96. The standard InChI is InChI=1S/C22H21N5O4/c1-4-25-12-17(11-23)21(30)26(22(25)31)13-19(28)18-10-14(2)27(15(18)3)24-20(29)16-8-6-5-7-9-16/h5-10,12H,4,13H2,1-3H3,(H,24,29). The van der Waals surface area contributed by atoms with Gasteiger partial charge in [0, 0.05) is 35.3 Å². The number of carbonyl (C=O) groups excluding carboxylic acids is 2. The van der Waals surface area contributed by atoms with E-state index in [9.17, 15) is 19.2 Å². The monoisotopic (exact) mass is 419 g/mol. The van der Waals surface area contributed by atoms with Crippen molar-refractivity contribution in [1.82, 2.24) is 13.8 Å². The molecule has 0 radical (unpaired) electrons. The first-order valence-electron chi connectivity index (χ1n) is 9.61. The smallest absolute Gasteiger partial charge is 0.299 e. The number of amides is 1. The molecule has 0 unspecified atom stereocenters. The molecule has 0 saturated heterocycles. The number of hydrogen-bond donors (Lipinski definition) is 1. The zero-order valence-electron chi connectivity index (χ0n) is 17.4. The second kappa shape index (κ2) is 8.67. The molecular formula is C22H21N5O4. The Morgan fingerprint density at radius 3 is 2.42 bits per heavy atom. The van der Waals surface area contributed by atoms with Gasteiger partial charge in [0.25, 0.3) is 11.5 Å². The Balaban J connectivity index is 1.94. The number of hydrogen-bond acceptors (Lipinski definition) is 5. The fourth-order valence-corrected chi connectivity index (χ4v) is 3.30. The highest BCUT2D eigenvalue weighted by molar-refractivity contribution is 6.01. The average molecular weight is 419 g/mol. The topological polar surface area (TPSA) is 119 Å². The third-order valence-corrected chi connectivity index (χ3v) is 4.98. The van der Waals surface area contributed by atoms with E-state index in [1.54, 1.807) is 63.2 Å². The Morgan fingerprint density at radius 1 is 1.13 bits per heavy atom. The van der Waals surface area contributed by atoms with Gasteiger partial charge in [-0.15, -0.1) is 0 Å². The minimum Gasteiger partial charge on any atom is -0.299 e. The van der Waals surface area contributed by atoms with Crippen LogP contribution in [0.15, 0.2) is 52.2 Å². The van der Waals surface area contributed by atoms with Crippen molar-refractivity contribution in [3.63, 3.8) is 0 Å². The first-order chi connectivity index (χ1) is 14.8. The van der Waals surface area contributed by atoms with Crippen LogP contribution < -0.4 is 16.7 Å². The van der Waals surface area contributed by atoms with Crippen LogP contribution in [0.3, 0.4) is 0 Å². The van der Waals surface area contributed by atoms with E-state index >= 15 is 0 Å². The number of nitrogens with one attached hydrogen (secondary N) is 1. The predicted molar refractivity (Wildman–Crippen MR) is 114 cm³/mol. The largest absolute Gasteiger partial charge is 0.331 e. The van der Waals surface area contributed by atoms with E-state index in [0.717, 1.165) is 4.57 Å². The summed E-state index contributed by atoms with van der Waals surface area (Å²) in [6.45, 7) is 4.82. The van der Waals surface area contributed by atoms with Crippen LogP contribution in [0.5, 0.6) is 0 Å². The van der Waals surface area contributed by atoms with Gasteiger partial charge in [0.15, 0.2) is 5.78 Å². The van der Waals surface area contributed by atoms with Gasteiger partial charge in [-0.25, -0.2) is 4.79 Å². The minimum atomic E-state index is -0.809. The highest BCUT2D eigenvalue weighted by Gasteiger charge is 2.20. The van der Waals surface area contributed by atoms with Crippen molar-refractivity contribution in [2.75, 3.05) is 5.43 Å². The Hall–Kier alpha value is -4.19. The number of Topliss-reactive ketones (excluding diaryl/α,β-unsaturated/α-hetero) is 1. The van der Waals surface area contributed by atoms with Crippen LogP contribution in [0, 0.1) is 25.2 Å². The fraction of sp³-hybridized carbons (Fsp3) is 0.227. The maximum absolute atomic E-state index is 12.9. The third kappa shape index (κ3) is 4.09. The van der Waals surface area contributed by atoms with E-state index in [0.29, 0.717) is 17.0 Å².